The zero-order chi connectivity index (χ0) is 22.2. The second kappa shape index (κ2) is 7.89. The zero-order valence-corrected chi connectivity index (χ0v) is 17.4. The summed E-state index contributed by atoms with van der Waals surface area (Å²) in [6.45, 7) is -0.481. The Kier molecular flexibility index (Phi) is 5.25. The van der Waals surface area contributed by atoms with E-state index in [0.29, 0.717) is 27.2 Å². The van der Waals surface area contributed by atoms with Crippen LogP contribution in [0.25, 0.3) is 32.8 Å². The minimum absolute atomic E-state index is 0.252. The van der Waals surface area contributed by atoms with E-state index in [1.807, 2.05) is 6.20 Å². The number of hydrogen-bond acceptors (Lipinski definition) is 6. The first-order valence-electron chi connectivity index (χ1n) is 9.32. The zero-order valence-electron chi connectivity index (χ0n) is 16.6. The summed E-state index contributed by atoms with van der Waals surface area (Å²) in [4.78, 5) is 28.6. The topological polar surface area (TPSA) is 137 Å². The molecular formula is C21H19N5O4S. The van der Waals surface area contributed by atoms with E-state index >= 15 is 0 Å². The van der Waals surface area contributed by atoms with Crippen molar-refractivity contribution in [3.05, 3.63) is 70.8 Å². The van der Waals surface area contributed by atoms with E-state index < -0.39 is 22.5 Å². The largest absolute Gasteiger partial charge is 0.369 e. The van der Waals surface area contributed by atoms with Gasteiger partial charge < -0.3 is 5.73 Å². The Morgan fingerprint density at radius 2 is 1.87 bits per heavy atom. The Morgan fingerprint density at radius 1 is 1.10 bits per heavy atom. The molecule has 0 unspecified atom stereocenters. The van der Waals surface area contributed by atoms with Gasteiger partial charge in [-0.3, -0.25) is 19.3 Å². The van der Waals surface area contributed by atoms with Crippen molar-refractivity contribution >= 4 is 37.6 Å². The lowest BCUT2D eigenvalue weighted by Crippen LogP contribution is -2.34. The highest BCUT2D eigenvalue weighted by Crippen LogP contribution is 2.22. The number of fused-ring (bicyclic) bond motifs is 2. The number of carbonyl (C=O) groups excluding carboxylic acids is 1. The van der Waals surface area contributed by atoms with Crippen LogP contribution < -0.4 is 15.9 Å². The molecule has 0 saturated heterocycles. The second-order valence-electron chi connectivity index (χ2n) is 7.19. The molecule has 0 aliphatic heterocycles. The maximum Gasteiger partial charge on any atom is 0.232 e. The van der Waals surface area contributed by atoms with Crippen LogP contribution in [-0.2, 0) is 27.6 Å². The number of benzene rings is 1. The monoisotopic (exact) mass is 437 g/mol. The van der Waals surface area contributed by atoms with E-state index in [9.17, 15) is 18.0 Å². The van der Waals surface area contributed by atoms with Crippen LogP contribution in [0.15, 0.2) is 59.8 Å². The van der Waals surface area contributed by atoms with Crippen molar-refractivity contribution in [1.82, 2.24) is 19.5 Å². The highest BCUT2D eigenvalue weighted by atomic mass is 32.2. The van der Waals surface area contributed by atoms with Gasteiger partial charge >= 0.3 is 0 Å². The number of sulfonamides is 1. The molecule has 4 aromatic rings. The molecular weight excluding hydrogens is 418 g/mol. The summed E-state index contributed by atoms with van der Waals surface area (Å²) in [6, 6.07) is 10.2. The van der Waals surface area contributed by atoms with Crippen molar-refractivity contribution in [2.45, 2.75) is 5.75 Å². The van der Waals surface area contributed by atoms with E-state index in [1.165, 1.54) is 0 Å². The molecule has 2 aromatic heterocycles. The average molecular weight is 437 g/mol. The third-order valence-electron chi connectivity index (χ3n) is 4.81. The normalized spacial score (nSPS) is 11.8. The minimum atomic E-state index is -3.79. The smallest absolute Gasteiger partial charge is 0.232 e. The molecule has 0 fully saturated rings. The number of amides is 1. The van der Waals surface area contributed by atoms with E-state index in [2.05, 4.69) is 14.8 Å². The van der Waals surface area contributed by atoms with Crippen molar-refractivity contribution in [3.8, 4) is 11.1 Å². The Balaban J connectivity index is 1.82. The van der Waals surface area contributed by atoms with E-state index in [4.69, 9.17) is 5.73 Å². The van der Waals surface area contributed by atoms with Gasteiger partial charge in [0, 0.05) is 41.3 Å². The number of hydrogen-bond donors (Lipinski definition) is 2. The van der Waals surface area contributed by atoms with Crippen molar-refractivity contribution in [2.75, 3.05) is 6.54 Å². The first-order chi connectivity index (χ1) is 14.7. The fourth-order valence-corrected chi connectivity index (χ4v) is 4.40. The summed E-state index contributed by atoms with van der Waals surface area (Å²) in [7, 11) is -1.98. The molecule has 158 valence electrons. The van der Waals surface area contributed by atoms with Gasteiger partial charge in [0.25, 0.3) is 0 Å². The molecule has 4 rings (SSSR count). The third-order valence-corrected chi connectivity index (χ3v) is 6.10. The first-order valence-corrected chi connectivity index (χ1v) is 11.0. The molecule has 0 spiro atoms. The van der Waals surface area contributed by atoms with E-state index in [-0.39, 0.29) is 11.2 Å². The highest BCUT2D eigenvalue weighted by Gasteiger charge is 2.14. The predicted octanol–water partition coefficient (Wildman–Crippen LogP) is 1.05. The van der Waals surface area contributed by atoms with Crippen molar-refractivity contribution in [1.29, 1.82) is 0 Å². The molecule has 1 amide bonds. The Bertz CT molecular complexity index is 1500. The molecule has 10 heteroatoms. The van der Waals surface area contributed by atoms with Gasteiger partial charge in [0.2, 0.25) is 15.9 Å². The lowest BCUT2D eigenvalue weighted by atomic mass is 10.1. The van der Waals surface area contributed by atoms with E-state index in [0.717, 1.165) is 11.1 Å². The van der Waals surface area contributed by atoms with Gasteiger partial charge in [-0.25, -0.2) is 13.1 Å². The summed E-state index contributed by atoms with van der Waals surface area (Å²) in [6.07, 6.45) is 5.21. The number of primary amides is 1. The van der Waals surface area contributed by atoms with Crippen LogP contribution in [0.5, 0.6) is 0 Å². The quantitative estimate of drug-likeness (QED) is 0.463. The molecule has 3 N–H and O–H groups in total. The number of pyridine rings is 1. The van der Waals surface area contributed by atoms with Gasteiger partial charge in [-0.05, 0) is 29.1 Å². The standard InChI is InChI=1S/C21H19N5O4S/c1-26-11-16(9-24-26)15-7-18-19(23-8-15)5-4-14-3-2-13(6-17(14)21(18)28)12-31(29,30)25-10-20(22)27/h2-9,11,25H,10,12H2,1H3,(H2,22,27). The SMILES string of the molecule is Cn1cc(-c2cnc3ccc4ccc(CS(=O)(=O)NCC(N)=O)cc4c(=O)c3c2)cn1. The Hall–Kier alpha value is -3.63. The van der Waals surface area contributed by atoms with Crippen molar-refractivity contribution in [3.63, 3.8) is 0 Å². The molecule has 31 heavy (non-hydrogen) atoms. The van der Waals surface area contributed by atoms with Crippen molar-refractivity contribution in [2.24, 2.45) is 12.8 Å². The van der Waals surface area contributed by atoms with Gasteiger partial charge in [-0.1, -0.05) is 18.2 Å². The lowest BCUT2D eigenvalue weighted by Gasteiger charge is -2.05. The number of aromatic nitrogens is 3. The number of nitrogens with one attached hydrogen (secondary N) is 1. The number of nitrogens with two attached hydrogens (primary N) is 1. The number of rotatable bonds is 6. The van der Waals surface area contributed by atoms with Gasteiger partial charge in [0.15, 0.2) is 5.43 Å². The van der Waals surface area contributed by atoms with Crippen LogP contribution in [-0.4, -0.2) is 35.6 Å². The maximum atomic E-state index is 13.3. The molecule has 0 aliphatic rings. The van der Waals surface area contributed by atoms with Crippen LogP contribution in [0, 0.1) is 0 Å². The van der Waals surface area contributed by atoms with Crippen LogP contribution in [0.1, 0.15) is 5.56 Å². The van der Waals surface area contributed by atoms with Gasteiger partial charge in [0.05, 0.1) is 24.0 Å². The molecule has 2 aromatic carbocycles. The van der Waals surface area contributed by atoms with Gasteiger partial charge in [-0.15, -0.1) is 0 Å². The third kappa shape index (κ3) is 4.44. The molecule has 2 heterocycles. The van der Waals surface area contributed by atoms with Crippen molar-refractivity contribution < 1.29 is 13.2 Å². The van der Waals surface area contributed by atoms with Gasteiger partial charge in [0.1, 0.15) is 0 Å². The van der Waals surface area contributed by atoms with Crippen LogP contribution in [0.4, 0.5) is 0 Å². The lowest BCUT2D eigenvalue weighted by molar-refractivity contribution is -0.116. The second-order valence-corrected chi connectivity index (χ2v) is 9.00. The average Bonchev–Trinajstić information content (AvgIpc) is 3.11. The van der Waals surface area contributed by atoms with Crippen LogP contribution in [0.2, 0.25) is 0 Å². The Labute approximate surface area is 177 Å². The summed E-state index contributed by atoms with van der Waals surface area (Å²) in [5.41, 5.74) is 7.28. The summed E-state index contributed by atoms with van der Waals surface area (Å²) < 4.78 is 28.2. The fourth-order valence-electron chi connectivity index (χ4n) is 3.32. The number of nitrogens with zero attached hydrogens (tertiary/aromatic N) is 3. The van der Waals surface area contributed by atoms with E-state index in [1.54, 1.807) is 60.5 Å². The number of aryl methyl sites for hydroxylation is 1. The number of carbonyl (C=O) groups is 1. The van der Waals surface area contributed by atoms with Crippen LogP contribution in [0.3, 0.4) is 0 Å². The van der Waals surface area contributed by atoms with Crippen LogP contribution >= 0.6 is 0 Å². The summed E-state index contributed by atoms with van der Waals surface area (Å²) >= 11 is 0. The fraction of sp³-hybridized carbons (Fsp3) is 0.143. The molecule has 9 nitrogen and oxygen atoms in total. The Morgan fingerprint density at radius 3 is 2.58 bits per heavy atom. The summed E-state index contributed by atoms with van der Waals surface area (Å²) in [5.74, 6) is -1.16. The molecule has 0 radical (unpaired) electrons. The maximum absolute atomic E-state index is 13.3. The van der Waals surface area contributed by atoms with Gasteiger partial charge in [-0.2, -0.15) is 5.10 Å². The molecule has 0 atom stereocenters. The molecule has 0 aliphatic carbocycles. The predicted molar refractivity (Wildman–Crippen MR) is 118 cm³/mol. The molecule has 0 saturated carbocycles. The minimum Gasteiger partial charge on any atom is -0.369 e. The molecule has 0 bridgehead atoms. The first kappa shape index (κ1) is 20.6. The highest BCUT2D eigenvalue weighted by molar-refractivity contribution is 7.88. The summed E-state index contributed by atoms with van der Waals surface area (Å²) in [5, 5.41) is 5.61.